The Labute approximate surface area is 80.2 Å². The van der Waals surface area contributed by atoms with E-state index in [-0.39, 0.29) is 5.56 Å². The van der Waals surface area contributed by atoms with E-state index in [1.807, 2.05) is 12.1 Å². The molecule has 70 valence electrons. The minimum atomic E-state index is -0.970. The minimum Gasteiger partial charge on any atom is -0.478 e. The summed E-state index contributed by atoms with van der Waals surface area (Å²) in [7, 11) is 0. The Morgan fingerprint density at radius 1 is 1.43 bits per heavy atom. The summed E-state index contributed by atoms with van der Waals surface area (Å²) in [6.07, 6.45) is 4.67. The van der Waals surface area contributed by atoms with Crippen molar-refractivity contribution in [1.29, 1.82) is 0 Å². The Balaban J connectivity index is 2.58. The first-order valence-corrected chi connectivity index (χ1v) is 4.10. The van der Waals surface area contributed by atoms with Gasteiger partial charge in [0.2, 0.25) is 0 Å². The average Bonchev–Trinajstić information content (AvgIpc) is 2.70. The number of carboxylic acids is 1. The van der Waals surface area contributed by atoms with E-state index < -0.39 is 5.97 Å². The Morgan fingerprint density at radius 2 is 2.29 bits per heavy atom. The molecule has 0 aromatic carbocycles. The Morgan fingerprint density at radius 3 is 2.93 bits per heavy atom. The minimum absolute atomic E-state index is 0.204. The molecule has 14 heavy (non-hydrogen) atoms. The lowest BCUT2D eigenvalue weighted by molar-refractivity contribution is 0.0697. The topological polar surface area (TPSA) is 66.0 Å². The van der Waals surface area contributed by atoms with Gasteiger partial charge in [0.05, 0.1) is 5.56 Å². The van der Waals surface area contributed by atoms with Crippen LogP contribution in [-0.2, 0) is 0 Å². The summed E-state index contributed by atoms with van der Waals surface area (Å²) < 4.78 is 0. The van der Waals surface area contributed by atoms with Gasteiger partial charge in [-0.1, -0.05) is 0 Å². The van der Waals surface area contributed by atoms with Gasteiger partial charge in [-0.15, -0.1) is 0 Å². The number of hydrogen-bond acceptors (Lipinski definition) is 2. The van der Waals surface area contributed by atoms with Crippen molar-refractivity contribution >= 4 is 5.97 Å². The molecule has 2 heterocycles. The van der Waals surface area contributed by atoms with E-state index in [2.05, 4.69) is 9.97 Å². The van der Waals surface area contributed by atoms with Gasteiger partial charge >= 0.3 is 5.97 Å². The molecular formula is C10H8N2O2. The smallest absolute Gasteiger partial charge is 0.337 e. The van der Waals surface area contributed by atoms with Crippen molar-refractivity contribution in [3.63, 3.8) is 0 Å². The van der Waals surface area contributed by atoms with Crippen LogP contribution >= 0.6 is 0 Å². The summed E-state index contributed by atoms with van der Waals surface area (Å²) in [6.45, 7) is 0. The second-order valence-corrected chi connectivity index (χ2v) is 2.81. The third kappa shape index (κ3) is 1.37. The van der Waals surface area contributed by atoms with Crippen molar-refractivity contribution in [3.8, 4) is 11.3 Å². The maximum atomic E-state index is 10.9. The first kappa shape index (κ1) is 8.50. The monoisotopic (exact) mass is 188 g/mol. The fourth-order valence-corrected chi connectivity index (χ4v) is 1.30. The molecule has 0 atom stereocenters. The zero-order valence-electron chi connectivity index (χ0n) is 7.27. The molecule has 2 rings (SSSR count). The molecule has 0 aliphatic rings. The van der Waals surface area contributed by atoms with E-state index >= 15 is 0 Å². The highest BCUT2D eigenvalue weighted by Crippen LogP contribution is 2.20. The van der Waals surface area contributed by atoms with E-state index in [4.69, 9.17) is 5.11 Å². The van der Waals surface area contributed by atoms with Gasteiger partial charge in [0.25, 0.3) is 0 Å². The molecule has 2 aromatic heterocycles. The van der Waals surface area contributed by atoms with E-state index in [1.165, 1.54) is 6.20 Å². The van der Waals surface area contributed by atoms with Crippen LogP contribution in [0.2, 0.25) is 0 Å². The summed E-state index contributed by atoms with van der Waals surface area (Å²) >= 11 is 0. The maximum Gasteiger partial charge on any atom is 0.337 e. The van der Waals surface area contributed by atoms with Crippen LogP contribution in [0.25, 0.3) is 11.3 Å². The molecule has 0 saturated heterocycles. The summed E-state index contributed by atoms with van der Waals surface area (Å²) in [4.78, 5) is 17.6. The highest BCUT2D eigenvalue weighted by Gasteiger charge is 2.11. The third-order valence-corrected chi connectivity index (χ3v) is 1.94. The van der Waals surface area contributed by atoms with Crippen LogP contribution < -0.4 is 0 Å². The number of aromatic nitrogens is 2. The average molecular weight is 188 g/mol. The van der Waals surface area contributed by atoms with Crippen molar-refractivity contribution < 1.29 is 9.90 Å². The number of carbonyl (C=O) groups is 1. The number of rotatable bonds is 2. The predicted molar refractivity (Wildman–Crippen MR) is 51.0 cm³/mol. The first-order chi connectivity index (χ1) is 6.79. The normalized spacial score (nSPS) is 10.0. The fraction of sp³-hybridized carbons (Fsp3) is 0. The third-order valence-electron chi connectivity index (χ3n) is 1.94. The van der Waals surface area contributed by atoms with Crippen LogP contribution in [0.3, 0.4) is 0 Å². The number of hydrogen-bond donors (Lipinski definition) is 2. The van der Waals surface area contributed by atoms with Gasteiger partial charge in [0, 0.05) is 29.8 Å². The molecular weight excluding hydrogens is 180 g/mol. The number of H-pyrrole nitrogens is 1. The van der Waals surface area contributed by atoms with Gasteiger partial charge in [-0.25, -0.2) is 4.79 Å². The lowest BCUT2D eigenvalue weighted by Crippen LogP contribution is -2.00. The zero-order chi connectivity index (χ0) is 9.97. The summed E-state index contributed by atoms with van der Waals surface area (Å²) in [5.41, 5.74) is 1.64. The van der Waals surface area contributed by atoms with Crippen molar-refractivity contribution in [2.75, 3.05) is 0 Å². The zero-order valence-corrected chi connectivity index (χ0v) is 7.27. The number of aromatic amines is 1. The maximum absolute atomic E-state index is 10.9. The van der Waals surface area contributed by atoms with Crippen molar-refractivity contribution in [3.05, 3.63) is 42.4 Å². The summed E-state index contributed by atoms with van der Waals surface area (Å²) in [5.74, 6) is -0.970. The molecule has 0 unspecified atom stereocenters. The van der Waals surface area contributed by atoms with Gasteiger partial charge in [0.15, 0.2) is 0 Å². The Bertz CT molecular complexity index is 449. The van der Waals surface area contributed by atoms with Crippen LogP contribution in [0.1, 0.15) is 10.4 Å². The van der Waals surface area contributed by atoms with Crippen molar-refractivity contribution in [1.82, 2.24) is 9.97 Å². The number of nitrogens with zero attached hydrogens (tertiary/aromatic N) is 1. The first-order valence-electron chi connectivity index (χ1n) is 4.10. The standard InChI is InChI=1S/C10H8N2O2/c13-10(14)8-6-11-5-3-7(8)9-2-1-4-12-9/h1-6,12H,(H,13,14). The number of nitrogens with one attached hydrogen (secondary N) is 1. The SMILES string of the molecule is O=C(O)c1cnccc1-c1ccc[nH]1. The summed E-state index contributed by atoms with van der Waals surface area (Å²) in [6, 6.07) is 5.32. The molecule has 0 bridgehead atoms. The molecule has 0 fully saturated rings. The number of pyridine rings is 1. The molecule has 0 saturated carbocycles. The highest BCUT2D eigenvalue weighted by atomic mass is 16.4. The number of carboxylic acid groups (broad SMARTS) is 1. The van der Waals surface area contributed by atoms with Crippen LogP contribution in [0, 0.1) is 0 Å². The molecule has 0 amide bonds. The molecule has 0 aliphatic heterocycles. The van der Waals surface area contributed by atoms with Crippen molar-refractivity contribution in [2.24, 2.45) is 0 Å². The molecule has 0 aliphatic carbocycles. The number of aromatic carboxylic acids is 1. The van der Waals surface area contributed by atoms with Gasteiger partial charge in [-0.3, -0.25) is 4.98 Å². The molecule has 0 radical (unpaired) electrons. The predicted octanol–water partition coefficient (Wildman–Crippen LogP) is 1.77. The van der Waals surface area contributed by atoms with Crippen LogP contribution in [0.4, 0.5) is 0 Å². The van der Waals surface area contributed by atoms with Gasteiger partial charge in [-0.05, 0) is 18.2 Å². The molecule has 4 nitrogen and oxygen atoms in total. The lowest BCUT2D eigenvalue weighted by Gasteiger charge is -2.01. The van der Waals surface area contributed by atoms with Crippen LogP contribution in [0.15, 0.2) is 36.8 Å². The van der Waals surface area contributed by atoms with Crippen LogP contribution in [-0.4, -0.2) is 21.0 Å². The second-order valence-electron chi connectivity index (χ2n) is 2.81. The van der Waals surface area contributed by atoms with E-state index in [0.717, 1.165) is 5.69 Å². The van der Waals surface area contributed by atoms with E-state index in [1.54, 1.807) is 18.5 Å². The second kappa shape index (κ2) is 3.33. The van der Waals surface area contributed by atoms with E-state index in [9.17, 15) is 4.79 Å². The van der Waals surface area contributed by atoms with Gasteiger partial charge in [0.1, 0.15) is 0 Å². The van der Waals surface area contributed by atoms with Gasteiger partial charge < -0.3 is 10.1 Å². The largest absolute Gasteiger partial charge is 0.478 e. The Kier molecular flexibility index (Phi) is 2.02. The van der Waals surface area contributed by atoms with Crippen molar-refractivity contribution in [2.45, 2.75) is 0 Å². The van der Waals surface area contributed by atoms with Crippen LogP contribution in [0.5, 0.6) is 0 Å². The molecule has 4 heteroatoms. The summed E-state index contributed by atoms with van der Waals surface area (Å²) in [5, 5.41) is 8.91. The van der Waals surface area contributed by atoms with Gasteiger partial charge in [-0.2, -0.15) is 0 Å². The molecule has 2 N–H and O–H groups in total. The molecule has 2 aromatic rings. The Hall–Kier alpha value is -2.10. The fourth-order valence-electron chi connectivity index (χ4n) is 1.30. The van der Waals surface area contributed by atoms with E-state index in [0.29, 0.717) is 5.56 Å². The highest BCUT2D eigenvalue weighted by molar-refractivity contribution is 5.94. The molecule has 0 spiro atoms. The lowest BCUT2D eigenvalue weighted by atomic mass is 10.1. The quantitative estimate of drug-likeness (QED) is 0.754.